The van der Waals surface area contributed by atoms with Crippen molar-refractivity contribution in [3.8, 4) is 0 Å². The number of hydrogen-bond donors (Lipinski definition) is 1. The maximum Gasteiger partial charge on any atom is 0.267 e. The lowest BCUT2D eigenvalue weighted by molar-refractivity contribution is -0.162. The predicted molar refractivity (Wildman–Crippen MR) is 168 cm³/mol. The Labute approximate surface area is 253 Å². The molecule has 2 aromatic carbocycles. The Hall–Kier alpha value is -3.98. The molecule has 1 N–H and O–H groups in total. The molecule has 0 saturated carbocycles. The fraction of sp³-hybridized carbons (Fsp3) is 0.371. The fourth-order valence-corrected chi connectivity index (χ4v) is 6.56. The SMILES string of the molecule is COC1(OC)CC(C(=O)N2Cc3ccc(C(=O)NCCN4CCCCC4)n3Cc3ccccc32)=CC=C1c1ccccc1. The fourth-order valence-electron chi connectivity index (χ4n) is 6.56. The van der Waals surface area contributed by atoms with Gasteiger partial charge >= 0.3 is 0 Å². The van der Waals surface area contributed by atoms with E-state index in [1.54, 1.807) is 14.2 Å². The molecular formula is C35H40N4O4. The number of likely N-dealkylation sites (tertiary alicyclic amines) is 1. The second-order valence-corrected chi connectivity index (χ2v) is 11.5. The molecule has 1 saturated heterocycles. The minimum absolute atomic E-state index is 0.0842. The molecule has 2 amide bonds. The molecule has 1 aromatic heterocycles. The van der Waals surface area contributed by atoms with Crippen molar-refractivity contribution in [2.24, 2.45) is 0 Å². The topological polar surface area (TPSA) is 76.0 Å². The molecule has 43 heavy (non-hydrogen) atoms. The standard InChI is InChI=1S/C35H40N4O4/c1-42-35(43-2)23-27(15-17-30(35)26-11-5-3-6-12-26)34(41)39-25-29-16-18-32(38(29)24-28-13-7-8-14-31(28)39)33(40)36-19-22-37-20-9-4-10-21-37/h3,5-8,11-18H,4,9-10,19-25H2,1-2H3,(H,36,40). The first-order chi connectivity index (χ1) is 21.0. The summed E-state index contributed by atoms with van der Waals surface area (Å²) in [6, 6.07) is 21.7. The number of nitrogens with one attached hydrogen (secondary N) is 1. The van der Waals surface area contributed by atoms with E-state index in [1.165, 1.54) is 19.3 Å². The Morgan fingerprint density at radius 2 is 1.60 bits per heavy atom. The number of hydrogen-bond acceptors (Lipinski definition) is 5. The summed E-state index contributed by atoms with van der Waals surface area (Å²) < 4.78 is 14.0. The lowest BCUT2D eigenvalue weighted by Crippen LogP contribution is -2.41. The summed E-state index contributed by atoms with van der Waals surface area (Å²) in [6.45, 7) is 4.54. The molecule has 3 heterocycles. The highest BCUT2D eigenvalue weighted by Gasteiger charge is 2.41. The number of benzene rings is 2. The molecule has 0 radical (unpaired) electrons. The molecule has 2 aliphatic heterocycles. The van der Waals surface area contributed by atoms with Gasteiger partial charge in [-0.1, -0.05) is 67.1 Å². The minimum atomic E-state index is -1.09. The van der Waals surface area contributed by atoms with Crippen LogP contribution < -0.4 is 10.2 Å². The van der Waals surface area contributed by atoms with Crippen molar-refractivity contribution < 1.29 is 19.1 Å². The van der Waals surface area contributed by atoms with Crippen LogP contribution in [0.5, 0.6) is 0 Å². The first kappa shape index (κ1) is 29.1. The van der Waals surface area contributed by atoms with Crippen molar-refractivity contribution in [2.75, 3.05) is 45.3 Å². The van der Waals surface area contributed by atoms with Gasteiger partial charge in [-0.2, -0.15) is 0 Å². The number of nitrogens with zero attached hydrogens (tertiary/aromatic N) is 3. The van der Waals surface area contributed by atoms with Crippen molar-refractivity contribution >= 4 is 23.1 Å². The largest absolute Gasteiger partial charge is 0.349 e. The number of ether oxygens (including phenoxy) is 2. The molecule has 0 bridgehead atoms. The highest BCUT2D eigenvalue weighted by molar-refractivity contribution is 6.07. The molecule has 6 rings (SSSR count). The van der Waals surface area contributed by atoms with Crippen LogP contribution in [0.25, 0.3) is 5.57 Å². The Kier molecular flexibility index (Phi) is 8.61. The summed E-state index contributed by atoms with van der Waals surface area (Å²) in [4.78, 5) is 31.8. The third kappa shape index (κ3) is 5.83. The third-order valence-corrected chi connectivity index (χ3v) is 8.95. The van der Waals surface area contributed by atoms with Crippen molar-refractivity contribution in [1.82, 2.24) is 14.8 Å². The highest BCUT2D eigenvalue weighted by Crippen LogP contribution is 2.41. The van der Waals surface area contributed by atoms with E-state index in [0.29, 0.717) is 30.9 Å². The van der Waals surface area contributed by atoms with Crippen LogP contribution >= 0.6 is 0 Å². The quantitative estimate of drug-likeness (QED) is 0.380. The Morgan fingerprint density at radius 1 is 0.860 bits per heavy atom. The van der Waals surface area contributed by atoms with Gasteiger partial charge in [0.2, 0.25) is 0 Å². The molecule has 8 nitrogen and oxygen atoms in total. The van der Waals surface area contributed by atoms with E-state index in [2.05, 4.69) is 10.2 Å². The van der Waals surface area contributed by atoms with Gasteiger partial charge in [-0.05, 0) is 55.3 Å². The Morgan fingerprint density at radius 3 is 2.37 bits per heavy atom. The monoisotopic (exact) mass is 580 g/mol. The molecule has 3 aromatic rings. The average Bonchev–Trinajstić information content (AvgIpc) is 3.38. The van der Waals surface area contributed by atoms with E-state index >= 15 is 0 Å². The van der Waals surface area contributed by atoms with Crippen LogP contribution in [-0.2, 0) is 27.4 Å². The van der Waals surface area contributed by atoms with Gasteiger partial charge in [0.25, 0.3) is 11.8 Å². The molecule has 1 aliphatic carbocycles. The van der Waals surface area contributed by atoms with Crippen LogP contribution in [0.3, 0.4) is 0 Å². The number of anilines is 1. The number of carbonyl (C=O) groups excluding carboxylic acids is 2. The summed E-state index contributed by atoms with van der Waals surface area (Å²) in [5, 5.41) is 3.13. The van der Waals surface area contributed by atoms with Gasteiger partial charge in [0.15, 0.2) is 5.79 Å². The van der Waals surface area contributed by atoms with Crippen molar-refractivity contribution in [3.63, 3.8) is 0 Å². The van der Waals surface area contributed by atoms with Crippen LogP contribution in [0, 0.1) is 0 Å². The molecule has 0 unspecified atom stereocenters. The summed E-state index contributed by atoms with van der Waals surface area (Å²) in [5.41, 5.74) is 5.79. The highest BCUT2D eigenvalue weighted by atomic mass is 16.7. The zero-order valence-corrected chi connectivity index (χ0v) is 25.1. The van der Waals surface area contributed by atoms with Crippen molar-refractivity contribution in [1.29, 1.82) is 0 Å². The van der Waals surface area contributed by atoms with Gasteiger partial charge in [0.1, 0.15) is 5.69 Å². The molecule has 1 fully saturated rings. The average molecular weight is 581 g/mol. The maximum atomic E-state index is 14.3. The summed E-state index contributed by atoms with van der Waals surface area (Å²) in [7, 11) is 3.22. The second kappa shape index (κ2) is 12.7. The van der Waals surface area contributed by atoms with E-state index in [4.69, 9.17) is 9.47 Å². The van der Waals surface area contributed by atoms with Gasteiger partial charge in [0, 0.05) is 56.3 Å². The first-order valence-corrected chi connectivity index (χ1v) is 15.2. The zero-order chi connectivity index (χ0) is 29.8. The van der Waals surface area contributed by atoms with E-state index in [1.807, 2.05) is 88.3 Å². The van der Waals surface area contributed by atoms with Crippen LogP contribution in [0.4, 0.5) is 5.69 Å². The number of fused-ring (bicyclic) bond motifs is 2. The van der Waals surface area contributed by atoms with E-state index < -0.39 is 5.79 Å². The van der Waals surface area contributed by atoms with Crippen LogP contribution in [0.15, 0.2) is 84.5 Å². The molecule has 3 aliphatic rings. The summed E-state index contributed by atoms with van der Waals surface area (Å²) >= 11 is 0. The lowest BCUT2D eigenvalue weighted by Gasteiger charge is -2.37. The van der Waals surface area contributed by atoms with E-state index in [-0.39, 0.29) is 18.2 Å². The van der Waals surface area contributed by atoms with Gasteiger partial charge in [-0.15, -0.1) is 0 Å². The van der Waals surface area contributed by atoms with Crippen LogP contribution in [-0.4, -0.2) is 67.5 Å². The minimum Gasteiger partial charge on any atom is -0.349 e. The molecule has 224 valence electrons. The van der Waals surface area contributed by atoms with Gasteiger partial charge in [-0.25, -0.2) is 0 Å². The van der Waals surface area contributed by atoms with Crippen LogP contribution in [0.1, 0.15) is 53.0 Å². The van der Waals surface area contributed by atoms with Gasteiger partial charge in [0.05, 0.1) is 13.1 Å². The first-order valence-electron chi connectivity index (χ1n) is 15.2. The van der Waals surface area contributed by atoms with Crippen molar-refractivity contribution in [3.05, 3.63) is 107 Å². The van der Waals surface area contributed by atoms with Crippen molar-refractivity contribution in [2.45, 2.75) is 44.6 Å². The number of allylic oxidation sites excluding steroid dienone is 2. The van der Waals surface area contributed by atoms with E-state index in [9.17, 15) is 9.59 Å². The van der Waals surface area contributed by atoms with E-state index in [0.717, 1.165) is 47.7 Å². The molecule has 0 spiro atoms. The number of para-hydroxylation sites is 1. The summed E-state index contributed by atoms with van der Waals surface area (Å²) in [6.07, 6.45) is 7.83. The summed E-state index contributed by atoms with van der Waals surface area (Å²) in [5.74, 6) is -1.29. The molecular weight excluding hydrogens is 540 g/mol. The Bertz CT molecular complexity index is 1530. The lowest BCUT2D eigenvalue weighted by atomic mass is 9.86. The van der Waals surface area contributed by atoms with Crippen LogP contribution in [0.2, 0.25) is 0 Å². The smallest absolute Gasteiger partial charge is 0.267 e. The maximum absolute atomic E-state index is 14.3. The Balaban J connectivity index is 1.26. The normalized spacial score (nSPS) is 18.1. The molecule has 0 atom stereocenters. The second-order valence-electron chi connectivity index (χ2n) is 11.5. The molecule has 8 heteroatoms. The number of aromatic nitrogens is 1. The predicted octanol–water partition coefficient (Wildman–Crippen LogP) is 5.00. The van der Waals surface area contributed by atoms with Gasteiger partial charge < -0.3 is 29.2 Å². The van der Waals surface area contributed by atoms with Gasteiger partial charge in [-0.3, -0.25) is 9.59 Å². The third-order valence-electron chi connectivity index (χ3n) is 8.95. The zero-order valence-electron chi connectivity index (χ0n) is 25.1. The number of rotatable bonds is 8. The number of methoxy groups -OCH3 is 2. The number of carbonyl (C=O) groups is 2. The number of piperidine rings is 1. The number of amides is 2.